The van der Waals surface area contributed by atoms with Crippen LogP contribution in [0, 0.1) is 0 Å². The average molecular weight is 392 g/mol. The van der Waals surface area contributed by atoms with Gasteiger partial charge in [0, 0.05) is 12.3 Å². The minimum Gasteiger partial charge on any atom is -0.443 e. The van der Waals surface area contributed by atoms with E-state index in [1.807, 2.05) is 20.8 Å². The van der Waals surface area contributed by atoms with E-state index < -0.39 is 20.0 Å². The van der Waals surface area contributed by atoms with Crippen LogP contribution in [-0.2, 0) is 17.4 Å². The number of hydrogen-bond donors (Lipinski definition) is 0. The van der Waals surface area contributed by atoms with Gasteiger partial charge in [0.1, 0.15) is 5.75 Å². The summed E-state index contributed by atoms with van der Waals surface area (Å²) in [4.78, 5) is 0. The fourth-order valence-electron chi connectivity index (χ4n) is 2.83. The van der Waals surface area contributed by atoms with Crippen molar-refractivity contribution >= 4 is 7.37 Å². The van der Waals surface area contributed by atoms with Crippen LogP contribution < -0.4 is 4.52 Å². The van der Waals surface area contributed by atoms with Crippen LogP contribution in [0.2, 0.25) is 0 Å². The summed E-state index contributed by atoms with van der Waals surface area (Å²) in [5.41, 5.74) is 1.000. The molecule has 0 aliphatic heterocycles. The predicted molar refractivity (Wildman–Crippen MR) is 103 cm³/mol. The van der Waals surface area contributed by atoms with Crippen LogP contribution >= 0.6 is 7.37 Å². The zero-order valence-corrected chi connectivity index (χ0v) is 17.1. The summed E-state index contributed by atoms with van der Waals surface area (Å²) in [7, 11) is -2.87. The average Bonchev–Trinajstić information content (AvgIpc) is 2.54. The first-order chi connectivity index (χ1) is 12.2. The van der Waals surface area contributed by atoms with Gasteiger partial charge in [-0.2, -0.15) is 13.2 Å². The van der Waals surface area contributed by atoms with Crippen LogP contribution in [-0.4, -0.2) is 18.5 Å². The molecule has 2 nitrogen and oxygen atoms in total. The third-order valence-corrected chi connectivity index (χ3v) is 6.76. The van der Waals surface area contributed by atoms with E-state index in [-0.39, 0.29) is 5.56 Å². The number of unbranched alkanes of at least 4 members (excludes halogenated alkanes) is 3. The molecule has 0 aliphatic rings. The second-order valence-corrected chi connectivity index (χ2v) is 9.65. The summed E-state index contributed by atoms with van der Waals surface area (Å²) in [5, 5.41) is 0. The lowest BCUT2D eigenvalue weighted by molar-refractivity contribution is -0.127. The minimum atomic E-state index is -4.27. The fourth-order valence-corrected chi connectivity index (χ4v) is 5.33. The number of benzene rings is 1. The third-order valence-electron chi connectivity index (χ3n) is 4.23. The Morgan fingerprint density at radius 1 is 0.885 bits per heavy atom. The summed E-state index contributed by atoms with van der Waals surface area (Å²) >= 11 is 0. The van der Waals surface area contributed by atoms with E-state index in [2.05, 4.69) is 0 Å². The molecular formula is C20H32F3O2P. The Labute approximate surface area is 156 Å². The molecule has 0 aliphatic carbocycles. The van der Waals surface area contributed by atoms with Crippen molar-refractivity contribution in [2.45, 2.75) is 78.3 Å². The maximum Gasteiger partial charge on any atom is 0.393 e. The van der Waals surface area contributed by atoms with E-state index in [4.69, 9.17) is 4.52 Å². The van der Waals surface area contributed by atoms with Gasteiger partial charge in [0.25, 0.3) is 0 Å². The molecule has 0 heterocycles. The molecule has 1 rings (SSSR count). The van der Waals surface area contributed by atoms with Crippen molar-refractivity contribution in [3.63, 3.8) is 0 Å². The molecule has 1 aromatic rings. The predicted octanol–water partition coefficient (Wildman–Crippen LogP) is 7.39. The highest BCUT2D eigenvalue weighted by atomic mass is 31.2. The van der Waals surface area contributed by atoms with E-state index in [0.717, 1.165) is 44.1 Å². The Morgan fingerprint density at radius 2 is 1.42 bits per heavy atom. The standard InChI is InChI=1S/C20H32F3O2P/c1-4-7-10-17-13-18(16-20(21,22)23)15-19(14-17)25-26(24,11-8-5-2)12-9-6-3/h13-15H,4-12,16H2,1-3H3. The molecule has 6 heteroatoms. The van der Waals surface area contributed by atoms with Crippen molar-refractivity contribution in [3.05, 3.63) is 29.3 Å². The lowest BCUT2D eigenvalue weighted by Gasteiger charge is -2.21. The first-order valence-corrected chi connectivity index (χ1v) is 11.7. The number of halogens is 3. The molecule has 0 unspecified atom stereocenters. The molecule has 0 fully saturated rings. The zero-order chi connectivity index (χ0) is 19.6. The first-order valence-electron chi connectivity index (χ1n) is 9.68. The molecule has 0 N–H and O–H groups in total. The normalized spacial score (nSPS) is 12.4. The van der Waals surface area contributed by atoms with Gasteiger partial charge in [-0.05, 0) is 48.9 Å². The van der Waals surface area contributed by atoms with Gasteiger partial charge in [0.2, 0.25) is 7.37 Å². The number of alkyl halides is 3. The van der Waals surface area contributed by atoms with Crippen LogP contribution in [0.25, 0.3) is 0 Å². The Hall–Kier alpha value is -0.960. The van der Waals surface area contributed by atoms with E-state index in [1.165, 1.54) is 6.07 Å². The highest BCUT2D eigenvalue weighted by molar-refractivity contribution is 7.59. The molecule has 150 valence electrons. The molecule has 0 bridgehead atoms. The van der Waals surface area contributed by atoms with Crippen molar-refractivity contribution in [3.8, 4) is 5.75 Å². The van der Waals surface area contributed by atoms with Gasteiger partial charge in [0.15, 0.2) is 0 Å². The molecule has 0 spiro atoms. The summed E-state index contributed by atoms with van der Waals surface area (Å²) < 4.78 is 57.5. The molecule has 1 aromatic carbocycles. The number of hydrogen-bond acceptors (Lipinski definition) is 2. The van der Waals surface area contributed by atoms with Gasteiger partial charge in [0.05, 0.1) is 6.42 Å². The molecule has 0 amide bonds. The summed E-state index contributed by atoms with van der Waals surface area (Å²) in [6.45, 7) is 6.09. The molecular weight excluding hydrogens is 360 g/mol. The van der Waals surface area contributed by atoms with Crippen LogP contribution in [0.1, 0.15) is 70.4 Å². The molecule has 26 heavy (non-hydrogen) atoms. The maximum atomic E-state index is 13.2. The first kappa shape index (κ1) is 23.1. The highest BCUT2D eigenvalue weighted by Crippen LogP contribution is 2.49. The zero-order valence-electron chi connectivity index (χ0n) is 16.2. The largest absolute Gasteiger partial charge is 0.443 e. The Balaban J connectivity index is 3.08. The van der Waals surface area contributed by atoms with Crippen molar-refractivity contribution in [2.24, 2.45) is 0 Å². The molecule has 0 aromatic heterocycles. The van der Waals surface area contributed by atoms with Crippen LogP contribution in [0.5, 0.6) is 5.75 Å². The Bertz CT molecular complexity index is 573. The van der Waals surface area contributed by atoms with Crippen LogP contribution in [0.4, 0.5) is 13.2 Å². The van der Waals surface area contributed by atoms with Crippen molar-refractivity contribution in [1.82, 2.24) is 0 Å². The van der Waals surface area contributed by atoms with Gasteiger partial charge in [-0.25, -0.2) is 0 Å². The second-order valence-electron chi connectivity index (χ2n) is 6.94. The molecule has 0 saturated heterocycles. The topological polar surface area (TPSA) is 26.3 Å². The van der Waals surface area contributed by atoms with E-state index in [1.54, 1.807) is 12.1 Å². The van der Waals surface area contributed by atoms with Crippen molar-refractivity contribution in [2.75, 3.05) is 12.3 Å². The molecule has 0 atom stereocenters. The van der Waals surface area contributed by atoms with Crippen molar-refractivity contribution < 1.29 is 22.3 Å². The van der Waals surface area contributed by atoms with Crippen LogP contribution in [0.3, 0.4) is 0 Å². The minimum absolute atomic E-state index is 0.179. The SMILES string of the molecule is CCCCc1cc(CC(F)(F)F)cc(OP(=O)(CCCC)CCCC)c1. The smallest absolute Gasteiger partial charge is 0.393 e. The highest BCUT2D eigenvalue weighted by Gasteiger charge is 2.29. The lowest BCUT2D eigenvalue weighted by atomic mass is 10.0. The fraction of sp³-hybridized carbons (Fsp3) is 0.700. The number of aryl methyl sites for hydroxylation is 1. The second kappa shape index (κ2) is 11.0. The molecule has 0 saturated carbocycles. The van der Waals surface area contributed by atoms with Crippen LogP contribution in [0.15, 0.2) is 18.2 Å². The Morgan fingerprint density at radius 3 is 1.92 bits per heavy atom. The third kappa shape index (κ3) is 9.12. The van der Waals surface area contributed by atoms with E-state index >= 15 is 0 Å². The summed E-state index contributed by atoms with van der Waals surface area (Å²) in [6.07, 6.45) is 1.69. The van der Waals surface area contributed by atoms with Gasteiger partial charge < -0.3 is 4.52 Å². The number of rotatable bonds is 12. The lowest BCUT2D eigenvalue weighted by Crippen LogP contribution is -2.12. The molecule has 0 radical (unpaired) electrons. The van der Waals surface area contributed by atoms with Gasteiger partial charge in [-0.1, -0.05) is 46.1 Å². The quantitative estimate of drug-likeness (QED) is 0.347. The van der Waals surface area contributed by atoms with Gasteiger partial charge in [-0.15, -0.1) is 0 Å². The van der Waals surface area contributed by atoms with Gasteiger partial charge >= 0.3 is 6.18 Å². The summed E-state index contributed by atoms with van der Waals surface area (Å²) in [6, 6.07) is 4.77. The summed E-state index contributed by atoms with van der Waals surface area (Å²) in [5.74, 6) is 0.327. The van der Waals surface area contributed by atoms with Crippen molar-refractivity contribution in [1.29, 1.82) is 0 Å². The van der Waals surface area contributed by atoms with Gasteiger partial charge in [-0.3, -0.25) is 4.57 Å². The monoisotopic (exact) mass is 392 g/mol. The van der Waals surface area contributed by atoms with E-state index in [9.17, 15) is 17.7 Å². The Kier molecular flexibility index (Phi) is 9.78. The van der Waals surface area contributed by atoms with E-state index in [0.29, 0.717) is 24.5 Å². The maximum absolute atomic E-state index is 13.2.